The van der Waals surface area contributed by atoms with Gasteiger partial charge in [0.05, 0.1) is 6.61 Å². The van der Waals surface area contributed by atoms with Crippen molar-refractivity contribution in [3.8, 4) is 23.0 Å². The standard InChI is InChI=1S/C26H28N2O5/c1-4-30-23-13-19(5-7-21(23)31-15-18-9-11-27-12-10-18)25(29)28-16-26(2,3)20-6-8-22-24(14-20)33-17-32-22/h5-14H,4,15-17H2,1-3H3,(H,28,29). The van der Waals surface area contributed by atoms with Crippen molar-refractivity contribution in [3.05, 3.63) is 77.6 Å². The van der Waals surface area contributed by atoms with Gasteiger partial charge in [0, 0.05) is 29.9 Å². The van der Waals surface area contributed by atoms with Gasteiger partial charge in [-0.1, -0.05) is 19.9 Å². The Morgan fingerprint density at radius 2 is 1.79 bits per heavy atom. The molecule has 2 aromatic carbocycles. The molecule has 1 aliphatic rings. The molecule has 7 heteroatoms. The topological polar surface area (TPSA) is 78.9 Å². The minimum Gasteiger partial charge on any atom is -0.490 e. The third kappa shape index (κ3) is 5.37. The molecule has 4 rings (SSSR count). The van der Waals surface area contributed by atoms with Gasteiger partial charge in [-0.3, -0.25) is 9.78 Å². The molecule has 0 spiro atoms. The van der Waals surface area contributed by atoms with Crippen LogP contribution in [0.4, 0.5) is 0 Å². The van der Waals surface area contributed by atoms with E-state index in [2.05, 4.69) is 24.1 Å². The number of hydrogen-bond acceptors (Lipinski definition) is 6. The van der Waals surface area contributed by atoms with E-state index < -0.39 is 0 Å². The molecule has 0 fully saturated rings. The lowest BCUT2D eigenvalue weighted by Gasteiger charge is -2.26. The maximum absolute atomic E-state index is 12.9. The van der Waals surface area contributed by atoms with Crippen molar-refractivity contribution in [2.75, 3.05) is 19.9 Å². The van der Waals surface area contributed by atoms with Crippen LogP contribution in [0.15, 0.2) is 60.9 Å². The summed E-state index contributed by atoms with van der Waals surface area (Å²) < 4.78 is 22.5. The third-order valence-corrected chi connectivity index (χ3v) is 5.49. The van der Waals surface area contributed by atoms with Gasteiger partial charge in [-0.15, -0.1) is 0 Å². The predicted octanol–water partition coefficient (Wildman–Crippen LogP) is 4.50. The van der Waals surface area contributed by atoms with Crippen molar-refractivity contribution in [3.63, 3.8) is 0 Å². The number of nitrogens with zero attached hydrogens (tertiary/aromatic N) is 1. The van der Waals surface area contributed by atoms with Gasteiger partial charge in [-0.05, 0) is 60.5 Å². The Balaban J connectivity index is 1.42. The second-order valence-corrected chi connectivity index (χ2v) is 8.37. The first-order valence-electron chi connectivity index (χ1n) is 10.9. The molecule has 0 aliphatic carbocycles. The molecule has 1 amide bonds. The summed E-state index contributed by atoms with van der Waals surface area (Å²) in [6.07, 6.45) is 3.45. The molecule has 0 unspecified atom stereocenters. The molecule has 0 radical (unpaired) electrons. The molecule has 1 aromatic heterocycles. The number of hydrogen-bond donors (Lipinski definition) is 1. The fourth-order valence-electron chi connectivity index (χ4n) is 3.50. The molecule has 172 valence electrons. The fraction of sp³-hybridized carbons (Fsp3) is 0.308. The Morgan fingerprint density at radius 1 is 1.00 bits per heavy atom. The zero-order valence-corrected chi connectivity index (χ0v) is 19.1. The second-order valence-electron chi connectivity index (χ2n) is 8.37. The highest BCUT2D eigenvalue weighted by atomic mass is 16.7. The van der Waals surface area contributed by atoms with Gasteiger partial charge < -0.3 is 24.3 Å². The van der Waals surface area contributed by atoms with Crippen LogP contribution < -0.4 is 24.3 Å². The second kappa shape index (κ2) is 9.81. The molecule has 0 saturated heterocycles. The van der Waals surface area contributed by atoms with E-state index >= 15 is 0 Å². The molecule has 0 saturated carbocycles. The highest BCUT2D eigenvalue weighted by Gasteiger charge is 2.25. The SMILES string of the molecule is CCOc1cc(C(=O)NCC(C)(C)c2ccc3c(c2)OCO3)ccc1OCc1ccncc1. The Hall–Kier alpha value is -3.74. The van der Waals surface area contributed by atoms with Gasteiger partial charge in [0.1, 0.15) is 6.61 Å². The number of pyridine rings is 1. The zero-order chi connectivity index (χ0) is 23.3. The van der Waals surface area contributed by atoms with E-state index in [1.54, 1.807) is 30.6 Å². The lowest BCUT2D eigenvalue weighted by atomic mass is 9.84. The van der Waals surface area contributed by atoms with E-state index in [9.17, 15) is 4.79 Å². The van der Waals surface area contributed by atoms with Crippen LogP contribution in [-0.4, -0.2) is 30.8 Å². The fourth-order valence-corrected chi connectivity index (χ4v) is 3.50. The van der Waals surface area contributed by atoms with E-state index in [0.29, 0.717) is 36.8 Å². The van der Waals surface area contributed by atoms with Crippen LogP contribution in [0, 0.1) is 0 Å². The Bertz CT molecular complexity index is 1110. The number of ether oxygens (including phenoxy) is 4. The average Bonchev–Trinajstić information content (AvgIpc) is 3.31. The molecule has 2 heterocycles. The highest BCUT2D eigenvalue weighted by Crippen LogP contribution is 2.36. The van der Waals surface area contributed by atoms with Crippen LogP contribution in [0.2, 0.25) is 0 Å². The number of nitrogens with one attached hydrogen (secondary N) is 1. The van der Waals surface area contributed by atoms with Crippen molar-refractivity contribution < 1.29 is 23.7 Å². The van der Waals surface area contributed by atoms with Crippen molar-refractivity contribution in [2.45, 2.75) is 32.8 Å². The third-order valence-electron chi connectivity index (χ3n) is 5.49. The normalized spacial score (nSPS) is 12.3. The molecule has 7 nitrogen and oxygen atoms in total. The summed E-state index contributed by atoms with van der Waals surface area (Å²) in [7, 11) is 0. The first-order chi connectivity index (χ1) is 16.0. The number of carbonyl (C=O) groups excluding carboxylic acids is 1. The lowest BCUT2D eigenvalue weighted by molar-refractivity contribution is 0.0945. The smallest absolute Gasteiger partial charge is 0.251 e. The monoisotopic (exact) mass is 448 g/mol. The molecule has 0 atom stereocenters. The zero-order valence-electron chi connectivity index (χ0n) is 19.1. The lowest BCUT2D eigenvalue weighted by Crippen LogP contribution is -2.36. The van der Waals surface area contributed by atoms with Gasteiger partial charge in [0.2, 0.25) is 6.79 Å². The molecular weight excluding hydrogens is 420 g/mol. The summed E-state index contributed by atoms with van der Waals surface area (Å²) in [5.41, 5.74) is 2.27. The largest absolute Gasteiger partial charge is 0.490 e. The number of fused-ring (bicyclic) bond motifs is 1. The summed E-state index contributed by atoms with van der Waals surface area (Å²) >= 11 is 0. The Morgan fingerprint density at radius 3 is 2.58 bits per heavy atom. The van der Waals surface area contributed by atoms with Crippen molar-refractivity contribution >= 4 is 5.91 Å². The first kappa shape index (κ1) is 22.5. The Kier molecular flexibility index (Phi) is 6.68. The molecular formula is C26H28N2O5. The van der Waals surface area contributed by atoms with Gasteiger partial charge in [0.25, 0.3) is 5.91 Å². The van der Waals surface area contributed by atoms with Crippen LogP contribution in [0.1, 0.15) is 42.3 Å². The Labute approximate surface area is 193 Å². The van der Waals surface area contributed by atoms with Gasteiger partial charge in [0.15, 0.2) is 23.0 Å². The first-order valence-corrected chi connectivity index (χ1v) is 10.9. The van der Waals surface area contributed by atoms with E-state index in [4.69, 9.17) is 18.9 Å². The predicted molar refractivity (Wildman–Crippen MR) is 124 cm³/mol. The van der Waals surface area contributed by atoms with Crippen molar-refractivity contribution in [1.82, 2.24) is 10.3 Å². The van der Waals surface area contributed by atoms with E-state index in [0.717, 1.165) is 22.6 Å². The summed E-state index contributed by atoms with van der Waals surface area (Å²) in [6, 6.07) is 14.9. The quantitative estimate of drug-likeness (QED) is 0.519. The summed E-state index contributed by atoms with van der Waals surface area (Å²) in [5.74, 6) is 2.43. The number of carbonyl (C=O) groups is 1. The van der Waals surface area contributed by atoms with Crippen LogP contribution in [-0.2, 0) is 12.0 Å². The van der Waals surface area contributed by atoms with E-state index in [1.165, 1.54) is 0 Å². The van der Waals surface area contributed by atoms with Crippen molar-refractivity contribution in [1.29, 1.82) is 0 Å². The van der Waals surface area contributed by atoms with Crippen LogP contribution in [0.25, 0.3) is 0 Å². The molecule has 33 heavy (non-hydrogen) atoms. The molecule has 1 aliphatic heterocycles. The van der Waals surface area contributed by atoms with Gasteiger partial charge >= 0.3 is 0 Å². The maximum Gasteiger partial charge on any atom is 0.251 e. The van der Waals surface area contributed by atoms with E-state index in [-0.39, 0.29) is 18.1 Å². The average molecular weight is 449 g/mol. The number of amides is 1. The summed E-state index contributed by atoms with van der Waals surface area (Å²) in [5, 5.41) is 3.04. The number of aromatic nitrogens is 1. The molecule has 0 bridgehead atoms. The number of benzene rings is 2. The van der Waals surface area contributed by atoms with E-state index in [1.807, 2.05) is 37.3 Å². The van der Waals surface area contributed by atoms with Crippen LogP contribution >= 0.6 is 0 Å². The van der Waals surface area contributed by atoms with Crippen LogP contribution in [0.5, 0.6) is 23.0 Å². The minimum atomic E-state index is -0.299. The summed E-state index contributed by atoms with van der Waals surface area (Å²) in [4.78, 5) is 16.9. The van der Waals surface area contributed by atoms with Gasteiger partial charge in [-0.25, -0.2) is 0 Å². The van der Waals surface area contributed by atoms with Crippen LogP contribution in [0.3, 0.4) is 0 Å². The molecule has 1 N–H and O–H groups in total. The van der Waals surface area contributed by atoms with Gasteiger partial charge in [-0.2, -0.15) is 0 Å². The highest BCUT2D eigenvalue weighted by molar-refractivity contribution is 5.95. The minimum absolute atomic E-state index is 0.176. The molecule has 3 aromatic rings. The summed E-state index contributed by atoms with van der Waals surface area (Å²) in [6.45, 7) is 7.59. The maximum atomic E-state index is 12.9. The van der Waals surface area contributed by atoms with Crippen molar-refractivity contribution in [2.24, 2.45) is 0 Å². The number of rotatable bonds is 9.